The first-order valence-corrected chi connectivity index (χ1v) is 4.98. The van der Waals surface area contributed by atoms with Crippen LogP contribution in [0.2, 0.25) is 0 Å². The fraction of sp³-hybridized carbons (Fsp3) is 0.455. The largest absolute Gasteiger partial charge is 0.389 e. The molecule has 1 aliphatic heterocycles. The van der Waals surface area contributed by atoms with Crippen LogP contribution in [0, 0.1) is 5.82 Å². The van der Waals surface area contributed by atoms with E-state index in [0.29, 0.717) is 19.6 Å². The van der Waals surface area contributed by atoms with Gasteiger partial charge in [-0.2, -0.15) is 0 Å². The summed E-state index contributed by atoms with van der Waals surface area (Å²) in [7, 11) is 0. The van der Waals surface area contributed by atoms with E-state index in [2.05, 4.69) is 0 Å². The Morgan fingerprint density at radius 2 is 1.67 bits per heavy atom. The molecular formula is C11H14FNO2. The first kappa shape index (κ1) is 10.5. The maximum Gasteiger partial charge on any atom is 0.123 e. The van der Waals surface area contributed by atoms with E-state index < -0.39 is 12.2 Å². The molecule has 4 heteroatoms. The molecule has 0 radical (unpaired) electrons. The van der Waals surface area contributed by atoms with Gasteiger partial charge in [0, 0.05) is 19.6 Å². The molecule has 0 bridgehead atoms. The molecule has 0 aliphatic carbocycles. The topological polar surface area (TPSA) is 43.7 Å². The van der Waals surface area contributed by atoms with Crippen LogP contribution in [0.25, 0.3) is 0 Å². The lowest BCUT2D eigenvalue weighted by atomic mass is 10.2. The lowest BCUT2D eigenvalue weighted by Crippen LogP contribution is -2.22. The molecule has 2 N–H and O–H groups in total. The third kappa shape index (κ3) is 2.53. The van der Waals surface area contributed by atoms with Crippen molar-refractivity contribution in [3.8, 4) is 0 Å². The minimum absolute atomic E-state index is 0.250. The van der Waals surface area contributed by atoms with E-state index in [0.717, 1.165) is 5.56 Å². The number of likely N-dealkylation sites (tertiary alicyclic amines) is 1. The number of hydrogen-bond acceptors (Lipinski definition) is 3. The Bertz CT molecular complexity index is 318. The van der Waals surface area contributed by atoms with Gasteiger partial charge >= 0.3 is 0 Å². The van der Waals surface area contributed by atoms with Crippen LogP contribution in [-0.2, 0) is 6.54 Å². The van der Waals surface area contributed by atoms with Crippen molar-refractivity contribution < 1.29 is 14.6 Å². The average Bonchev–Trinajstić information content (AvgIpc) is 2.50. The molecule has 0 amide bonds. The van der Waals surface area contributed by atoms with Gasteiger partial charge in [0.05, 0.1) is 12.2 Å². The molecule has 3 nitrogen and oxygen atoms in total. The first-order chi connectivity index (χ1) is 7.15. The Hall–Kier alpha value is -0.970. The van der Waals surface area contributed by atoms with Gasteiger partial charge in [0.15, 0.2) is 0 Å². The molecule has 2 unspecified atom stereocenters. The molecule has 0 spiro atoms. The normalized spacial score (nSPS) is 27.1. The average molecular weight is 211 g/mol. The van der Waals surface area contributed by atoms with Crippen LogP contribution in [0.5, 0.6) is 0 Å². The zero-order valence-electron chi connectivity index (χ0n) is 8.31. The number of aliphatic hydroxyl groups excluding tert-OH is 2. The van der Waals surface area contributed by atoms with Crippen LogP contribution in [0.4, 0.5) is 4.39 Å². The van der Waals surface area contributed by atoms with Crippen molar-refractivity contribution in [1.82, 2.24) is 4.90 Å². The van der Waals surface area contributed by atoms with Crippen LogP contribution in [0.3, 0.4) is 0 Å². The van der Waals surface area contributed by atoms with E-state index in [-0.39, 0.29) is 5.82 Å². The molecule has 0 saturated carbocycles. The number of β-amino-alcohol motifs (C(OH)–C–C–N with tert-alkyl or cyclic N) is 2. The zero-order valence-corrected chi connectivity index (χ0v) is 8.31. The van der Waals surface area contributed by atoms with Gasteiger partial charge in [-0.25, -0.2) is 4.39 Å². The summed E-state index contributed by atoms with van der Waals surface area (Å²) >= 11 is 0. The van der Waals surface area contributed by atoms with Gasteiger partial charge < -0.3 is 10.2 Å². The van der Waals surface area contributed by atoms with E-state index >= 15 is 0 Å². The second-order valence-corrected chi connectivity index (χ2v) is 3.96. The summed E-state index contributed by atoms with van der Waals surface area (Å²) < 4.78 is 12.6. The Morgan fingerprint density at radius 1 is 1.13 bits per heavy atom. The van der Waals surface area contributed by atoms with Crippen molar-refractivity contribution in [3.05, 3.63) is 35.6 Å². The van der Waals surface area contributed by atoms with Gasteiger partial charge in [0.25, 0.3) is 0 Å². The van der Waals surface area contributed by atoms with Crippen LogP contribution in [-0.4, -0.2) is 40.4 Å². The van der Waals surface area contributed by atoms with Crippen LogP contribution >= 0.6 is 0 Å². The minimum atomic E-state index is -0.662. The first-order valence-electron chi connectivity index (χ1n) is 4.98. The van der Waals surface area contributed by atoms with Crippen molar-refractivity contribution in [1.29, 1.82) is 0 Å². The monoisotopic (exact) mass is 211 g/mol. The molecule has 82 valence electrons. The molecule has 2 rings (SSSR count). The summed E-state index contributed by atoms with van der Waals surface area (Å²) in [6, 6.07) is 6.26. The number of halogens is 1. The maximum absolute atomic E-state index is 12.6. The van der Waals surface area contributed by atoms with Crippen LogP contribution in [0.15, 0.2) is 24.3 Å². The van der Waals surface area contributed by atoms with Gasteiger partial charge in [-0.3, -0.25) is 4.90 Å². The highest BCUT2D eigenvalue weighted by Crippen LogP contribution is 2.14. The fourth-order valence-corrected chi connectivity index (χ4v) is 1.82. The Morgan fingerprint density at radius 3 is 2.20 bits per heavy atom. The van der Waals surface area contributed by atoms with E-state index in [4.69, 9.17) is 0 Å². The molecule has 1 fully saturated rings. The predicted octanol–water partition coefficient (Wildman–Crippen LogP) is 0.363. The van der Waals surface area contributed by atoms with Gasteiger partial charge in [0.2, 0.25) is 0 Å². The lowest BCUT2D eigenvalue weighted by Gasteiger charge is -2.14. The Labute approximate surface area is 87.8 Å². The summed E-state index contributed by atoms with van der Waals surface area (Å²) in [6.07, 6.45) is -1.32. The molecule has 1 saturated heterocycles. The van der Waals surface area contributed by atoms with Crippen molar-refractivity contribution in [3.63, 3.8) is 0 Å². The SMILES string of the molecule is OC1CN(Cc2ccc(F)cc2)CC1O. The smallest absolute Gasteiger partial charge is 0.123 e. The van der Waals surface area contributed by atoms with E-state index in [9.17, 15) is 14.6 Å². The predicted molar refractivity (Wildman–Crippen MR) is 53.7 cm³/mol. The highest BCUT2D eigenvalue weighted by Gasteiger charge is 2.29. The van der Waals surface area contributed by atoms with Gasteiger partial charge in [-0.15, -0.1) is 0 Å². The fourth-order valence-electron chi connectivity index (χ4n) is 1.82. The molecule has 0 aromatic heterocycles. The quantitative estimate of drug-likeness (QED) is 0.742. The van der Waals surface area contributed by atoms with E-state index in [1.54, 1.807) is 12.1 Å². The van der Waals surface area contributed by atoms with E-state index in [1.807, 2.05) is 4.90 Å². The van der Waals surface area contributed by atoms with Gasteiger partial charge in [-0.1, -0.05) is 12.1 Å². The summed E-state index contributed by atoms with van der Waals surface area (Å²) in [6.45, 7) is 1.57. The Balaban J connectivity index is 1.95. The molecular weight excluding hydrogens is 197 g/mol. The van der Waals surface area contributed by atoms with E-state index in [1.165, 1.54) is 12.1 Å². The molecule has 15 heavy (non-hydrogen) atoms. The van der Waals surface area contributed by atoms with Crippen molar-refractivity contribution >= 4 is 0 Å². The van der Waals surface area contributed by atoms with Crippen molar-refractivity contribution in [2.24, 2.45) is 0 Å². The number of aliphatic hydroxyl groups is 2. The summed E-state index contributed by atoms with van der Waals surface area (Å²) in [5.74, 6) is -0.250. The molecule has 2 atom stereocenters. The van der Waals surface area contributed by atoms with Crippen LogP contribution in [0.1, 0.15) is 5.56 Å². The zero-order chi connectivity index (χ0) is 10.8. The van der Waals surface area contributed by atoms with Gasteiger partial charge in [-0.05, 0) is 17.7 Å². The van der Waals surface area contributed by atoms with Crippen molar-refractivity contribution in [2.45, 2.75) is 18.8 Å². The number of rotatable bonds is 2. The molecule has 1 aromatic carbocycles. The number of nitrogens with zero attached hydrogens (tertiary/aromatic N) is 1. The highest BCUT2D eigenvalue weighted by molar-refractivity contribution is 5.16. The van der Waals surface area contributed by atoms with Gasteiger partial charge in [0.1, 0.15) is 5.82 Å². The highest BCUT2D eigenvalue weighted by atomic mass is 19.1. The number of benzene rings is 1. The second-order valence-electron chi connectivity index (χ2n) is 3.96. The summed E-state index contributed by atoms with van der Waals surface area (Å²) in [5, 5.41) is 18.7. The number of hydrogen-bond donors (Lipinski definition) is 2. The third-order valence-corrected chi connectivity index (χ3v) is 2.65. The third-order valence-electron chi connectivity index (χ3n) is 2.65. The molecule has 1 heterocycles. The summed E-state index contributed by atoms with van der Waals surface area (Å²) in [5.41, 5.74) is 0.984. The molecule has 1 aromatic rings. The van der Waals surface area contributed by atoms with Crippen molar-refractivity contribution in [2.75, 3.05) is 13.1 Å². The summed E-state index contributed by atoms with van der Waals surface area (Å²) in [4.78, 5) is 1.95. The maximum atomic E-state index is 12.6. The second kappa shape index (κ2) is 4.26. The van der Waals surface area contributed by atoms with Crippen LogP contribution < -0.4 is 0 Å². The Kier molecular flexibility index (Phi) is 3.00. The molecule has 1 aliphatic rings. The lowest BCUT2D eigenvalue weighted by molar-refractivity contribution is 0.0572. The minimum Gasteiger partial charge on any atom is -0.389 e. The standard InChI is InChI=1S/C11H14FNO2/c12-9-3-1-8(2-4-9)5-13-6-10(14)11(15)7-13/h1-4,10-11,14-15H,5-7H2.